The van der Waals surface area contributed by atoms with E-state index in [4.69, 9.17) is 0 Å². The Labute approximate surface area is 225 Å². The third-order valence-corrected chi connectivity index (χ3v) is 7.25. The van der Waals surface area contributed by atoms with E-state index in [1.54, 1.807) is 18.2 Å². The second-order valence-electron chi connectivity index (χ2n) is 11.7. The van der Waals surface area contributed by atoms with Crippen LogP contribution in [0.25, 0.3) is 0 Å². The third kappa shape index (κ3) is 7.81. The van der Waals surface area contributed by atoms with Crippen LogP contribution in [0.3, 0.4) is 0 Å². The van der Waals surface area contributed by atoms with Crippen molar-refractivity contribution in [2.45, 2.75) is 76.9 Å². The van der Waals surface area contributed by atoms with Gasteiger partial charge in [-0.3, -0.25) is 14.5 Å². The number of anilines is 1. The van der Waals surface area contributed by atoms with E-state index in [-0.39, 0.29) is 36.0 Å². The predicted octanol–water partition coefficient (Wildman–Crippen LogP) is 4.17. The second-order valence-corrected chi connectivity index (χ2v) is 11.7. The highest BCUT2D eigenvalue weighted by Crippen LogP contribution is 2.35. The van der Waals surface area contributed by atoms with Gasteiger partial charge in [0.2, 0.25) is 5.91 Å². The molecule has 1 saturated heterocycles. The Hall–Kier alpha value is -3.39. The van der Waals surface area contributed by atoms with Crippen molar-refractivity contribution in [3.8, 4) is 0 Å². The molecule has 2 fully saturated rings. The van der Waals surface area contributed by atoms with Crippen LogP contribution in [0.1, 0.15) is 73.9 Å². The summed E-state index contributed by atoms with van der Waals surface area (Å²) in [5.41, 5.74) is 2.82. The Morgan fingerprint density at radius 1 is 0.947 bits per heavy atom. The fourth-order valence-electron chi connectivity index (χ4n) is 5.43. The Kier molecular flexibility index (Phi) is 8.72. The number of aryl methyl sites for hydroxylation is 1. The molecule has 0 bridgehead atoms. The zero-order valence-corrected chi connectivity index (χ0v) is 23.0. The van der Waals surface area contributed by atoms with Gasteiger partial charge < -0.3 is 21.3 Å². The summed E-state index contributed by atoms with van der Waals surface area (Å²) in [6.45, 7) is 9.18. The first-order valence-electron chi connectivity index (χ1n) is 13.6. The van der Waals surface area contributed by atoms with Gasteiger partial charge in [-0.15, -0.1) is 0 Å². The van der Waals surface area contributed by atoms with E-state index in [2.05, 4.69) is 56.5 Å². The highest BCUT2D eigenvalue weighted by Gasteiger charge is 2.35. The van der Waals surface area contributed by atoms with Gasteiger partial charge in [0.1, 0.15) is 0 Å². The van der Waals surface area contributed by atoms with Crippen LogP contribution in [0.5, 0.6) is 0 Å². The van der Waals surface area contributed by atoms with Crippen LogP contribution < -0.4 is 21.3 Å². The molecular formula is C30H41N5O3. The number of carbonyl (C=O) groups is 3. The van der Waals surface area contributed by atoms with Crippen LogP contribution >= 0.6 is 0 Å². The summed E-state index contributed by atoms with van der Waals surface area (Å²) in [5, 5.41) is 11.3. The minimum atomic E-state index is -0.374. The van der Waals surface area contributed by atoms with Crippen molar-refractivity contribution < 1.29 is 14.4 Å². The van der Waals surface area contributed by atoms with Gasteiger partial charge in [0.05, 0.1) is 12.6 Å². The first-order chi connectivity index (χ1) is 18.1. The highest BCUT2D eigenvalue weighted by molar-refractivity contribution is 5.98. The summed E-state index contributed by atoms with van der Waals surface area (Å²) >= 11 is 0. The number of nitrogens with one attached hydrogen (secondary N) is 4. The molecule has 38 heavy (non-hydrogen) atoms. The molecule has 2 aromatic carbocycles. The van der Waals surface area contributed by atoms with Gasteiger partial charge in [-0.2, -0.15) is 0 Å². The minimum absolute atomic E-state index is 0.0846. The van der Waals surface area contributed by atoms with Gasteiger partial charge in [0, 0.05) is 35.9 Å². The summed E-state index contributed by atoms with van der Waals surface area (Å²) in [4.78, 5) is 39.8. The number of urea groups is 1. The summed E-state index contributed by atoms with van der Waals surface area (Å²) in [7, 11) is 0. The molecule has 1 aliphatic heterocycles. The molecule has 0 spiro atoms. The molecule has 4 N–H and O–H groups in total. The van der Waals surface area contributed by atoms with Gasteiger partial charge in [-0.1, -0.05) is 30.3 Å². The van der Waals surface area contributed by atoms with Crippen molar-refractivity contribution in [2.24, 2.45) is 0 Å². The average Bonchev–Trinajstić information content (AvgIpc) is 2.83. The molecule has 1 aliphatic carbocycles. The van der Waals surface area contributed by atoms with E-state index in [9.17, 15) is 14.4 Å². The largest absolute Gasteiger partial charge is 0.349 e. The van der Waals surface area contributed by atoms with E-state index >= 15 is 0 Å². The van der Waals surface area contributed by atoms with E-state index in [0.29, 0.717) is 23.2 Å². The molecule has 0 unspecified atom stereocenters. The number of benzene rings is 2. The SMILES string of the molecule is Cc1cc(NC(=O)NC(C)(C)C)cc(C(=O)NCC(=O)NC2CN(C3CCC(c4ccccc4)CC3)C2)c1. The topological polar surface area (TPSA) is 103 Å². The van der Waals surface area contributed by atoms with E-state index < -0.39 is 0 Å². The van der Waals surface area contributed by atoms with Crippen LogP contribution in [-0.4, -0.2) is 60.0 Å². The van der Waals surface area contributed by atoms with Crippen molar-refractivity contribution in [3.63, 3.8) is 0 Å². The number of hydrogen-bond acceptors (Lipinski definition) is 4. The number of amides is 4. The molecule has 2 aliphatic rings. The molecule has 4 amide bonds. The monoisotopic (exact) mass is 519 g/mol. The van der Waals surface area contributed by atoms with Crippen molar-refractivity contribution >= 4 is 23.5 Å². The van der Waals surface area contributed by atoms with Gasteiger partial charge in [0.15, 0.2) is 0 Å². The summed E-state index contributed by atoms with van der Waals surface area (Å²) in [6.07, 6.45) is 4.82. The normalized spacial score (nSPS) is 20.2. The summed E-state index contributed by atoms with van der Waals surface area (Å²) in [5.74, 6) is 0.119. The molecular weight excluding hydrogens is 478 g/mol. The maximum Gasteiger partial charge on any atom is 0.319 e. The van der Waals surface area contributed by atoms with Gasteiger partial charge in [-0.05, 0) is 88.6 Å². The molecule has 1 heterocycles. The molecule has 4 rings (SSSR count). The third-order valence-electron chi connectivity index (χ3n) is 7.25. The second kappa shape index (κ2) is 12.0. The van der Waals surface area contributed by atoms with Gasteiger partial charge in [0.25, 0.3) is 5.91 Å². The van der Waals surface area contributed by atoms with Crippen LogP contribution in [0, 0.1) is 6.92 Å². The lowest BCUT2D eigenvalue weighted by Gasteiger charge is -2.46. The van der Waals surface area contributed by atoms with Crippen molar-refractivity contribution in [3.05, 3.63) is 65.2 Å². The minimum Gasteiger partial charge on any atom is -0.349 e. The molecule has 8 heteroatoms. The van der Waals surface area contributed by atoms with Crippen LogP contribution in [0.15, 0.2) is 48.5 Å². The van der Waals surface area contributed by atoms with E-state index in [1.807, 2.05) is 27.7 Å². The number of carbonyl (C=O) groups excluding carboxylic acids is 3. The standard InChI is InChI=1S/C30H41N5O3/c1-20-14-23(16-24(15-20)33-29(38)34-30(2,3)4)28(37)31-17-27(36)32-25-18-35(19-25)26-12-10-22(11-13-26)21-8-6-5-7-9-21/h5-9,14-16,22,25-26H,10-13,17-19H2,1-4H3,(H,31,37)(H,32,36)(H2,33,34,38). The predicted molar refractivity (Wildman–Crippen MR) is 150 cm³/mol. The van der Waals surface area contributed by atoms with E-state index in [0.717, 1.165) is 18.7 Å². The number of nitrogens with zero attached hydrogens (tertiary/aromatic N) is 1. The zero-order chi connectivity index (χ0) is 27.3. The quantitative estimate of drug-likeness (QED) is 0.441. The lowest BCUT2D eigenvalue weighted by atomic mass is 9.80. The first kappa shape index (κ1) is 27.6. The summed E-state index contributed by atoms with van der Waals surface area (Å²) < 4.78 is 0. The van der Waals surface area contributed by atoms with E-state index in [1.165, 1.54) is 31.2 Å². The zero-order valence-electron chi connectivity index (χ0n) is 23.0. The first-order valence-corrected chi connectivity index (χ1v) is 13.6. The summed E-state index contributed by atoms with van der Waals surface area (Å²) in [6, 6.07) is 16.3. The Balaban J connectivity index is 1.17. The Morgan fingerprint density at radius 2 is 1.63 bits per heavy atom. The maximum atomic E-state index is 12.7. The van der Waals surface area contributed by atoms with Crippen LogP contribution in [0.4, 0.5) is 10.5 Å². The smallest absolute Gasteiger partial charge is 0.319 e. The van der Waals surface area contributed by atoms with Crippen molar-refractivity contribution in [1.82, 2.24) is 20.9 Å². The van der Waals surface area contributed by atoms with Crippen LogP contribution in [0.2, 0.25) is 0 Å². The lowest BCUT2D eigenvalue weighted by Crippen LogP contribution is -2.63. The number of likely N-dealkylation sites (tertiary alicyclic amines) is 1. The average molecular weight is 520 g/mol. The highest BCUT2D eigenvalue weighted by atomic mass is 16.2. The fraction of sp³-hybridized carbons (Fsp3) is 0.500. The fourth-order valence-corrected chi connectivity index (χ4v) is 5.43. The van der Waals surface area contributed by atoms with Crippen LogP contribution in [-0.2, 0) is 4.79 Å². The Bertz CT molecular complexity index is 1130. The molecule has 0 radical (unpaired) electrons. The molecule has 2 aromatic rings. The molecule has 1 saturated carbocycles. The number of rotatable bonds is 7. The molecule has 8 nitrogen and oxygen atoms in total. The molecule has 0 atom stereocenters. The lowest BCUT2D eigenvalue weighted by molar-refractivity contribution is -0.122. The molecule has 204 valence electrons. The molecule has 0 aromatic heterocycles. The van der Waals surface area contributed by atoms with Gasteiger partial charge >= 0.3 is 6.03 Å². The number of hydrogen-bond donors (Lipinski definition) is 4. The van der Waals surface area contributed by atoms with Gasteiger partial charge in [-0.25, -0.2) is 4.79 Å². The Morgan fingerprint density at radius 3 is 2.29 bits per heavy atom. The maximum absolute atomic E-state index is 12.7. The van der Waals surface area contributed by atoms with Crippen molar-refractivity contribution in [1.29, 1.82) is 0 Å². The van der Waals surface area contributed by atoms with Crippen molar-refractivity contribution in [2.75, 3.05) is 25.0 Å².